The van der Waals surface area contributed by atoms with Crippen LogP contribution < -0.4 is 0 Å². The van der Waals surface area contributed by atoms with Gasteiger partial charge in [0.05, 0.1) is 34.9 Å². The molecule has 6 aliphatic rings. The van der Waals surface area contributed by atoms with Crippen LogP contribution in [0.4, 0.5) is 0 Å². The van der Waals surface area contributed by atoms with Gasteiger partial charge in [-0.25, -0.2) is 4.79 Å². The van der Waals surface area contributed by atoms with Gasteiger partial charge in [-0.05, 0) is 81.6 Å². The van der Waals surface area contributed by atoms with E-state index in [1.165, 1.54) is 0 Å². The molecule has 0 aromatic carbocycles. The largest absolute Gasteiger partial charge is 0.458 e. The molecule has 0 aromatic heterocycles. The summed E-state index contributed by atoms with van der Waals surface area (Å²) in [7, 11) is 1.57. The number of carbonyl (C=O) groups is 2. The number of methoxy groups -OCH3 is 1. The highest BCUT2D eigenvalue weighted by Crippen LogP contribution is 2.70. The zero-order chi connectivity index (χ0) is 27.8. The van der Waals surface area contributed by atoms with Crippen molar-refractivity contribution in [2.24, 2.45) is 28.6 Å². The molecule has 4 saturated carbocycles. The number of carbonyl (C=O) groups excluding carboxylic acids is 2. The number of hydrogen-bond acceptors (Lipinski definition) is 9. The van der Waals surface area contributed by atoms with E-state index in [1.54, 1.807) is 20.1 Å². The van der Waals surface area contributed by atoms with E-state index < -0.39 is 40.5 Å². The maximum atomic E-state index is 13.0. The van der Waals surface area contributed by atoms with Crippen molar-refractivity contribution in [1.29, 1.82) is 0 Å². The Labute approximate surface area is 230 Å². The molecule has 0 radical (unpaired) electrons. The normalized spacial score (nSPS) is 53.3. The summed E-state index contributed by atoms with van der Waals surface area (Å²) in [5, 5.41) is 34.8. The average Bonchev–Trinajstić information content (AvgIpc) is 3.45. The average molecular weight is 549 g/mol. The Bertz CT molecular complexity index is 1030. The summed E-state index contributed by atoms with van der Waals surface area (Å²) in [6.45, 7) is 4.25. The molecule has 218 valence electrons. The Morgan fingerprint density at radius 1 is 1.08 bits per heavy atom. The van der Waals surface area contributed by atoms with E-state index in [-0.39, 0.29) is 35.9 Å². The van der Waals surface area contributed by atoms with Crippen molar-refractivity contribution in [3.05, 3.63) is 11.6 Å². The molecule has 39 heavy (non-hydrogen) atoms. The van der Waals surface area contributed by atoms with E-state index in [0.717, 1.165) is 31.1 Å². The highest BCUT2D eigenvalue weighted by Gasteiger charge is 2.71. The number of ether oxygens (including phenoxy) is 4. The van der Waals surface area contributed by atoms with E-state index in [9.17, 15) is 24.9 Å². The molecule has 3 N–H and O–H groups in total. The lowest BCUT2D eigenvalue weighted by Gasteiger charge is -2.65. The summed E-state index contributed by atoms with van der Waals surface area (Å²) >= 11 is 0. The number of cyclic esters (lactones) is 1. The van der Waals surface area contributed by atoms with Gasteiger partial charge in [-0.15, -0.1) is 0 Å². The quantitative estimate of drug-likeness (QED) is 0.269. The topological polar surface area (TPSA) is 132 Å². The van der Waals surface area contributed by atoms with Crippen molar-refractivity contribution in [2.75, 3.05) is 13.7 Å². The van der Waals surface area contributed by atoms with Gasteiger partial charge in [-0.2, -0.15) is 0 Å². The second-order valence-corrected chi connectivity index (χ2v) is 13.5. The zero-order valence-electron chi connectivity index (χ0n) is 23.3. The van der Waals surface area contributed by atoms with Gasteiger partial charge in [-0.1, -0.05) is 6.92 Å². The van der Waals surface area contributed by atoms with Gasteiger partial charge in [0.25, 0.3) is 0 Å². The van der Waals surface area contributed by atoms with Crippen LogP contribution in [0.2, 0.25) is 0 Å². The summed E-state index contributed by atoms with van der Waals surface area (Å²) in [4.78, 5) is 24.8. The third-order valence-electron chi connectivity index (χ3n) is 12.1. The summed E-state index contributed by atoms with van der Waals surface area (Å²) in [5.74, 6) is -0.420. The number of aliphatic hydroxyl groups excluding tert-OH is 1. The first kappa shape index (κ1) is 27.8. The predicted octanol–water partition coefficient (Wildman–Crippen LogP) is 2.43. The van der Waals surface area contributed by atoms with Crippen LogP contribution >= 0.6 is 0 Å². The molecule has 2 aliphatic heterocycles. The van der Waals surface area contributed by atoms with Crippen LogP contribution in [0.15, 0.2) is 11.6 Å². The summed E-state index contributed by atoms with van der Waals surface area (Å²) in [6.07, 6.45) is 6.10. The lowest BCUT2D eigenvalue weighted by Crippen LogP contribution is -2.69. The van der Waals surface area contributed by atoms with E-state index in [4.69, 9.17) is 18.9 Å². The molecule has 2 heterocycles. The third kappa shape index (κ3) is 3.94. The van der Waals surface area contributed by atoms with Crippen LogP contribution in [0.1, 0.15) is 78.1 Å². The SMILES string of the molecule is CO[C@H]1C[C@H](O[C@H]2CC[C@]3(C=O)[C@@H]4CC[C@]5(C)[C@@H](C6=CC(=O)OC6)CC[C@]5(O)[C@@H]4CC[C@@]3(O)C2)O[C@H](C)[C@H]1O. The van der Waals surface area contributed by atoms with Gasteiger partial charge < -0.3 is 39.1 Å². The van der Waals surface area contributed by atoms with Crippen LogP contribution in [-0.4, -0.2) is 83.2 Å². The Kier molecular flexibility index (Phi) is 6.84. The molecule has 9 nitrogen and oxygen atoms in total. The van der Waals surface area contributed by atoms with Crippen molar-refractivity contribution in [1.82, 2.24) is 0 Å². The van der Waals surface area contributed by atoms with Gasteiger partial charge in [0.1, 0.15) is 19.0 Å². The fourth-order valence-corrected chi connectivity index (χ4v) is 9.98. The predicted molar refractivity (Wildman–Crippen MR) is 138 cm³/mol. The smallest absolute Gasteiger partial charge is 0.331 e. The standard InChI is InChI=1S/C30H44O9/c1-17-26(33)23(36-3)13-25(38-17)39-19-4-9-28(16-31)21-5-8-27(2)20(18-12-24(32)37-15-18)7-11-30(27,35)22(21)6-10-29(28,34)14-19/h12,16-17,19-23,25-26,33-35H,4-11,13-15H2,1-3H3/t17-,19+,20-,21-,22-,23+,25+,26-,27-,28+,29-,30+/m1/s1. The van der Waals surface area contributed by atoms with Gasteiger partial charge in [-0.3, -0.25) is 0 Å². The van der Waals surface area contributed by atoms with Crippen LogP contribution in [0.25, 0.3) is 0 Å². The molecule has 4 aliphatic carbocycles. The minimum absolute atomic E-state index is 0.0827. The van der Waals surface area contributed by atoms with Gasteiger partial charge >= 0.3 is 5.97 Å². The molecule has 0 spiro atoms. The fraction of sp³-hybridized carbons (Fsp3) is 0.867. The first-order valence-electron chi connectivity index (χ1n) is 14.8. The van der Waals surface area contributed by atoms with Crippen molar-refractivity contribution >= 4 is 12.3 Å². The molecular weight excluding hydrogens is 504 g/mol. The zero-order valence-corrected chi connectivity index (χ0v) is 23.3. The fourth-order valence-electron chi connectivity index (χ4n) is 9.98. The summed E-state index contributed by atoms with van der Waals surface area (Å²) in [6, 6.07) is 0. The lowest BCUT2D eigenvalue weighted by atomic mass is 9.41. The Hall–Kier alpha value is -1.36. The van der Waals surface area contributed by atoms with Crippen LogP contribution in [0.3, 0.4) is 0 Å². The van der Waals surface area contributed by atoms with Crippen LogP contribution in [0, 0.1) is 28.6 Å². The number of rotatable bonds is 5. The number of esters is 1. The van der Waals surface area contributed by atoms with Gasteiger partial charge in [0.2, 0.25) is 0 Å². The molecule has 0 amide bonds. The van der Waals surface area contributed by atoms with E-state index >= 15 is 0 Å². The summed E-state index contributed by atoms with van der Waals surface area (Å²) < 4.78 is 22.9. The maximum Gasteiger partial charge on any atom is 0.331 e. The highest BCUT2D eigenvalue weighted by atomic mass is 16.7. The lowest BCUT2D eigenvalue weighted by molar-refractivity contribution is -0.287. The number of fused-ring (bicyclic) bond motifs is 5. The summed E-state index contributed by atoms with van der Waals surface area (Å²) in [5.41, 5.74) is -2.52. The molecule has 0 aromatic rings. The number of hydrogen-bond donors (Lipinski definition) is 3. The van der Waals surface area contributed by atoms with Crippen LogP contribution in [0.5, 0.6) is 0 Å². The minimum Gasteiger partial charge on any atom is -0.458 e. The molecule has 0 bridgehead atoms. The van der Waals surface area contributed by atoms with E-state index in [2.05, 4.69) is 6.92 Å². The number of aliphatic hydroxyl groups is 3. The molecule has 6 rings (SSSR count). The molecule has 0 unspecified atom stereocenters. The Morgan fingerprint density at radius 2 is 1.85 bits per heavy atom. The van der Waals surface area contributed by atoms with Gasteiger partial charge in [0.15, 0.2) is 6.29 Å². The maximum absolute atomic E-state index is 13.0. The highest BCUT2D eigenvalue weighted by molar-refractivity contribution is 5.85. The third-order valence-corrected chi connectivity index (χ3v) is 12.1. The van der Waals surface area contributed by atoms with Gasteiger partial charge in [0, 0.05) is 31.4 Å². The Balaban J connectivity index is 1.21. The van der Waals surface area contributed by atoms with Crippen LogP contribution in [-0.2, 0) is 28.5 Å². The molecule has 12 atom stereocenters. The first-order chi connectivity index (χ1) is 18.5. The minimum atomic E-state index is -1.21. The second kappa shape index (κ2) is 9.60. The van der Waals surface area contributed by atoms with Crippen molar-refractivity contribution in [2.45, 2.75) is 120 Å². The molecular formula is C30H44O9. The molecule has 9 heteroatoms. The van der Waals surface area contributed by atoms with Crippen molar-refractivity contribution in [3.8, 4) is 0 Å². The Morgan fingerprint density at radius 3 is 2.54 bits per heavy atom. The first-order valence-corrected chi connectivity index (χ1v) is 14.8. The monoisotopic (exact) mass is 548 g/mol. The second-order valence-electron chi connectivity index (χ2n) is 13.5. The van der Waals surface area contributed by atoms with E-state index in [0.29, 0.717) is 51.6 Å². The molecule has 5 fully saturated rings. The van der Waals surface area contributed by atoms with Crippen molar-refractivity contribution in [3.63, 3.8) is 0 Å². The number of aldehydes is 1. The van der Waals surface area contributed by atoms with E-state index in [1.807, 2.05) is 0 Å². The molecule has 1 saturated heterocycles. The van der Waals surface area contributed by atoms with Crippen molar-refractivity contribution < 1.29 is 43.9 Å².